The third-order valence-electron chi connectivity index (χ3n) is 3.80. The second kappa shape index (κ2) is 9.82. The molecule has 2 rings (SSSR count). The summed E-state index contributed by atoms with van der Waals surface area (Å²) in [5, 5.41) is 15.1. The van der Waals surface area contributed by atoms with Crippen molar-refractivity contribution < 1.29 is 0 Å². The summed E-state index contributed by atoms with van der Waals surface area (Å²) in [6.45, 7) is 4.08. The first kappa shape index (κ1) is 17.2. The Morgan fingerprint density at radius 1 is 1.09 bits per heavy atom. The van der Waals surface area contributed by atoms with Gasteiger partial charge in [0.1, 0.15) is 5.82 Å². The Labute approximate surface area is 138 Å². The highest BCUT2D eigenvalue weighted by atomic mass is 15.2. The lowest BCUT2D eigenvalue weighted by atomic mass is 10.2. The van der Waals surface area contributed by atoms with Gasteiger partial charge in [-0.2, -0.15) is 0 Å². The molecule has 0 radical (unpaired) electrons. The van der Waals surface area contributed by atoms with E-state index in [2.05, 4.69) is 32.7 Å². The molecule has 6 nitrogen and oxygen atoms in total. The van der Waals surface area contributed by atoms with Crippen molar-refractivity contribution in [3.63, 3.8) is 0 Å². The first-order chi connectivity index (χ1) is 11.3. The molecule has 0 aromatic carbocycles. The molecule has 0 aliphatic rings. The lowest BCUT2D eigenvalue weighted by molar-refractivity contribution is 0.643. The van der Waals surface area contributed by atoms with E-state index in [-0.39, 0.29) is 0 Å². The van der Waals surface area contributed by atoms with Crippen LogP contribution in [-0.2, 0) is 6.42 Å². The van der Waals surface area contributed by atoms with Crippen LogP contribution in [0.5, 0.6) is 0 Å². The van der Waals surface area contributed by atoms with Crippen molar-refractivity contribution in [3.8, 4) is 0 Å². The molecule has 0 aliphatic heterocycles. The minimum absolute atomic E-state index is 0.871. The molecule has 0 unspecified atom stereocenters. The Bertz CT molecular complexity index is 604. The summed E-state index contributed by atoms with van der Waals surface area (Å²) in [5.41, 5.74) is 0.903. The lowest BCUT2D eigenvalue weighted by Gasteiger charge is -2.11. The van der Waals surface area contributed by atoms with E-state index in [0.29, 0.717) is 0 Å². The van der Waals surface area contributed by atoms with Crippen LogP contribution in [0, 0.1) is 0 Å². The van der Waals surface area contributed by atoms with Crippen LogP contribution in [0.15, 0.2) is 29.4 Å². The number of hydrogen-bond acceptors (Lipinski definition) is 3. The maximum atomic E-state index is 4.25. The Kier molecular flexibility index (Phi) is 7.36. The molecule has 0 spiro atoms. The van der Waals surface area contributed by atoms with Crippen molar-refractivity contribution >= 4 is 11.6 Å². The van der Waals surface area contributed by atoms with Crippen LogP contribution in [0.4, 0.5) is 0 Å². The number of aliphatic imine (C=N–C) groups is 1. The standard InChI is InChI=1S/C17H28N6/c1-3-4-5-7-12-19-17(18-2)20-13-9-11-16-22-21-15-10-6-8-14-23(15)16/h6,8,10,14H,3-5,7,9,11-13H2,1-2H3,(H2,18,19,20). The largest absolute Gasteiger partial charge is 0.356 e. The highest BCUT2D eigenvalue weighted by molar-refractivity contribution is 5.79. The number of pyridine rings is 1. The number of unbranched alkanes of at least 4 members (excludes halogenated alkanes) is 3. The summed E-state index contributed by atoms with van der Waals surface area (Å²) in [7, 11) is 1.81. The van der Waals surface area contributed by atoms with E-state index in [9.17, 15) is 0 Å². The van der Waals surface area contributed by atoms with Gasteiger partial charge in [-0.3, -0.25) is 9.39 Å². The van der Waals surface area contributed by atoms with Gasteiger partial charge in [0.2, 0.25) is 0 Å². The zero-order chi connectivity index (χ0) is 16.3. The Morgan fingerprint density at radius 3 is 2.70 bits per heavy atom. The molecule has 23 heavy (non-hydrogen) atoms. The monoisotopic (exact) mass is 316 g/mol. The molecule has 0 aliphatic carbocycles. The molecule has 0 fully saturated rings. The minimum atomic E-state index is 0.871. The van der Waals surface area contributed by atoms with Gasteiger partial charge in [0.05, 0.1) is 0 Å². The maximum absolute atomic E-state index is 4.25. The van der Waals surface area contributed by atoms with Crippen molar-refractivity contribution in [1.29, 1.82) is 0 Å². The fourth-order valence-electron chi connectivity index (χ4n) is 2.49. The zero-order valence-corrected chi connectivity index (χ0v) is 14.3. The molecule has 6 heteroatoms. The third kappa shape index (κ3) is 5.54. The normalized spacial score (nSPS) is 11.8. The molecule has 2 N–H and O–H groups in total. The molecule has 2 heterocycles. The second-order valence-corrected chi connectivity index (χ2v) is 5.64. The number of rotatable bonds is 9. The van der Waals surface area contributed by atoms with Crippen LogP contribution < -0.4 is 10.6 Å². The first-order valence-electron chi connectivity index (χ1n) is 8.58. The van der Waals surface area contributed by atoms with Gasteiger partial charge < -0.3 is 10.6 Å². The fraction of sp³-hybridized carbons (Fsp3) is 0.588. The molecule has 126 valence electrons. The number of aromatic nitrogens is 3. The SMILES string of the molecule is CCCCCCNC(=NC)NCCCc1nnc2ccccn12. The van der Waals surface area contributed by atoms with E-state index >= 15 is 0 Å². The van der Waals surface area contributed by atoms with E-state index in [1.165, 1.54) is 25.7 Å². The highest BCUT2D eigenvalue weighted by Crippen LogP contribution is 2.04. The number of nitrogens with one attached hydrogen (secondary N) is 2. The molecule has 0 bridgehead atoms. The van der Waals surface area contributed by atoms with Gasteiger partial charge in [-0.1, -0.05) is 32.3 Å². The van der Waals surface area contributed by atoms with E-state index in [4.69, 9.17) is 0 Å². The Morgan fingerprint density at radius 2 is 1.91 bits per heavy atom. The minimum Gasteiger partial charge on any atom is -0.356 e. The van der Waals surface area contributed by atoms with E-state index < -0.39 is 0 Å². The number of aryl methyl sites for hydroxylation is 1. The van der Waals surface area contributed by atoms with Crippen LogP contribution >= 0.6 is 0 Å². The van der Waals surface area contributed by atoms with Crippen molar-refractivity contribution in [2.24, 2.45) is 4.99 Å². The van der Waals surface area contributed by atoms with E-state index in [0.717, 1.165) is 43.4 Å². The summed E-state index contributed by atoms with van der Waals surface area (Å²) in [6.07, 6.45) is 8.94. The van der Waals surface area contributed by atoms with Gasteiger partial charge in [-0.15, -0.1) is 10.2 Å². The van der Waals surface area contributed by atoms with Crippen LogP contribution in [0.3, 0.4) is 0 Å². The van der Waals surface area contributed by atoms with Gasteiger partial charge in [-0.25, -0.2) is 0 Å². The zero-order valence-electron chi connectivity index (χ0n) is 14.3. The fourth-order valence-corrected chi connectivity index (χ4v) is 2.49. The van der Waals surface area contributed by atoms with Gasteiger partial charge in [0.25, 0.3) is 0 Å². The van der Waals surface area contributed by atoms with Gasteiger partial charge >= 0.3 is 0 Å². The summed E-state index contributed by atoms with van der Waals surface area (Å²) in [5.74, 6) is 1.89. The average Bonchev–Trinajstić information content (AvgIpc) is 3.00. The van der Waals surface area contributed by atoms with Gasteiger partial charge in [0.15, 0.2) is 11.6 Å². The van der Waals surface area contributed by atoms with E-state index in [1.54, 1.807) is 0 Å². The molecular formula is C17H28N6. The van der Waals surface area contributed by atoms with Crippen LogP contribution in [0.1, 0.15) is 44.9 Å². The summed E-state index contributed by atoms with van der Waals surface area (Å²) in [6, 6.07) is 5.95. The molecule has 0 saturated heterocycles. The van der Waals surface area contributed by atoms with Crippen LogP contribution in [0.2, 0.25) is 0 Å². The van der Waals surface area contributed by atoms with Crippen LogP contribution in [-0.4, -0.2) is 40.7 Å². The van der Waals surface area contributed by atoms with Crippen molar-refractivity contribution in [2.75, 3.05) is 20.1 Å². The second-order valence-electron chi connectivity index (χ2n) is 5.64. The Balaban J connectivity index is 1.65. The van der Waals surface area contributed by atoms with Gasteiger partial charge in [0, 0.05) is 32.8 Å². The number of nitrogens with zero attached hydrogens (tertiary/aromatic N) is 4. The number of guanidine groups is 1. The molecule has 2 aromatic heterocycles. The smallest absolute Gasteiger partial charge is 0.190 e. The highest BCUT2D eigenvalue weighted by Gasteiger charge is 2.04. The molecule has 0 saturated carbocycles. The van der Waals surface area contributed by atoms with Crippen LogP contribution in [0.25, 0.3) is 5.65 Å². The van der Waals surface area contributed by atoms with Crippen molar-refractivity contribution in [3.05, 3.63) is 30.2 Å². The molecule has 0 atom stereocenters. The van der Waals surface area contributed by atoms with E-state index in [1.807, 2.05) is 35.8 Å². The predicted molar refractivity (Wildman–Crippen MR) is 94.8 cm³/mol. The lowest BCUT2D eigenvalue weighted by Crippen LogP contribution is -2.38. The molecule has 2 aromatic rings. The first-order valence-corrected chi connectivity index (χ1v) is 8.58. The quantitative estimate of drug-likeness (QED) is 0.423. The van der Waals surface area contributed by atoms with Crippen molar-refractivity contribution in [2.45, 2.75) is 45.4 Å². The predicted octanol–water partition coefficient (Wildman–Crippen LogP) is 2.41. The topological polar surface area (TPSA) is 66.6 Å². The summed E-state index contributed by atoms with van der Waals surface area (Å²) >= 11 is 0. The number of fused-ring (bicyclic) bond motifs is 1. The maximum Gasteiger partial charge on any atom is 0.190 e. The molecular weight excluding hydrogens is 288 g/mol. The molecule has 0 amide bonds. The third-order valence-corrected chi connectivity index (χ3v) is 3.80. The number of hydrogen-bond donors (Lipinski definition) is 2. The summed E-state index contributed by atoms with van der Waals surface area (Å²) in [4.78, 5) is 4.25. The van der Waals surface area contributed by atoms with Gasteiger partial charge in [-0.05, 0) is 25.0 Å². The Hall–Kier alpha value is -2.11. The van der Waals surface area contributed by atoms with Crippen molar-refractivity contribution in [1.82, 2.24) is 25.2 Å². The average molecular weight is 316 g/mol. The summed E-state index contributed by atoms with van der Waals surface area (Å²) < 4.78 is 2.04.